The molecular formula is C19H18O6. The van der Waals surface area contributed by atoms with Crippen molar-refractivity contribution >= 4 is 17.7 Å². The fourth-order valence-corrected chi connectivity index (χ4v) is 2.27. The van der Waals surface area contributed by atoms with Gasteiger partial charge in [0, 0.05) is 5.56 Å². The van der Waals surface area contributed by atoms with Crippen LogP contribution < -0.4 is 4.74 Å². The van der Waals surface area contributed by atoms with E-state index in [0.29, 0.717) is 0 Å². The van der Waals surface area contributed by atoms with Gasteiger partial charge in [-0.25, -0.2) is 9.59 Å². The zero-order chi connectivity index (χ0) is 18.4. The number of carboxylic acids is 1. The highest BCUT2D eigenvalue weighted by atomic mass is 16.5. The Hall–Kier alpha value is -3.15. The second kappa shape index (κ2) is 8.10. The standard InChI is InChI=1S/C19H18O6/c1-3-24-19(23)15-10-17(25-11-13-7-5-4-6-8-13)16(18(21)22)9-14(15)12(2)20/h4-10H,3,11H2,1-2H3,(H,21,22). The average Bonchev–Trinajstić information content (AvgIpc) is 2.60. The van der Waals surface area contributed by atoms with Crippen molar-refractivity contribution in [3.05, 3.63) is 64.7 Å². The van der Waals surface area contributed by atoms with E-state index in [1.165, 1.54) is 13.0 Å². The molecule has 0 aromatic heterocycles. The zero-order valence-corrected chi connectivity index (χ0v) is 13.9. The first-order valence-electron chi connectivity index (χ1n) is 7.70. The molecule has 2 aromatic rings. The zero-order valence-electron chi connectivity index (χ0n) is 13.9. The van der Waals surface area contributed by atoms with Crippen molar-refractivity contribution < 1.29 is 29.0 Å². The highest BCUT2D eigenvalue weighted by Gasteiger charge is 2.23. The molecule has 0 heterocycles. The number of esters is 1. The molecule has 130 valence electrons. The summed E-state index contributed by atoms with van der Waals surface area (Å²) < 4.78 is 10.5. The van der Waals surface area contributed by atoms with Crippen molar-refractivity contribution in [2.24, 2.45) is 0 Å². The lowest BCUT2D eigenvalue weighted by molar-refractivity contribution is 0.0521. The van der Waals surface area contributed by atoms with E-state index in [4.69, 9.17) is 9.47 Å². The Morgan fingerprint density at radius 3 is 2.24 bits per heavy atom. The number of Topliss-reactive ketones (excluding diaryl/α,β-unsaturated/α-hetero) is 1. The van der Waals surface area contributed by atoms with Crippen LogP contribution in [0.4, 0.5) is 0 Å². The van der Waals surface area contributed by atoms with E-state index in [1.807, 2.05) is 30.3 Å². The van der Waals surface area contributed by atoms with Crippen LogP contribution in [0.5, 0.6) is 5.75 Å². The number of carbonyl (C=O) groups excluding carboxylic acids is 2. The summed E-state index contributed by atoms with van der Waals surface area (Å²) in [4.78, 5) is 35.4. The van der Waals surface area contributed by atoms with Gasteiger partial charge >= 0.3 is 11.9 Å². The number of ether oxygens (including phenoxy) is 2. The third kappa shape index (κ3) is 4.44. The predicted molar refractivity (Wildman–Crippen MR) is 90.1 cm³/mol. The van der Waals surface area contributed by atoms with Gasteiger partial charge in [-0.1, -0.05) is 30.3 Å². The SMILES string of the molecule is CCOC(=O)c1cc(OCc2ccccc2)c(C(=O)O)cc1C(C)=O. The maximum absolute atomic E-state index is 12.1. The first-order valence-corrected chi connectivity index (χ1v) is 7.70. The summed E-state index contributed by atoms with van der Waals surface area (Å²) in [5, 5.41) is 9.39. The van der Waals surface area contributed by atoms with Crippen molar-refractivity contribution in [2.45, 2.75) is 20.5 Å². The van der Waals surface area contributed by atoms with Gasteiger partial charge in [-0.2, -0.15) is 0 Å². The van der Waals surface area contributed by atoms with Gasteiger partial charge in [0.05, 0.1) is 12.2 Å². The molecular weight excluding hydrogens is 324 g/mol. The number of hydrogen-bond acceptors (Lipinski definition) is 5. The number of ketones is 1. The monoisotopic (exact) mass is 342 g/mol. The van der Waals surface area contributed by atoms with Crippen LogP contribution in [0.25, 0.3) is 0 Å². The topological polar surface area (TPSA) is 89.9 Å². The summed E-state index contributed by atoms with van der Waals surface area (Å²) in [6.07, 6.45) is 0. The predicted octanol–water partition coefficient (Wildman–Crippen LogP) is 3.34. The average molecular weight is 342 g/mol. The smallest absolute Gasteiger partial charge is 0.339 e. The normalized spacial score (nSPS) is 10.2. The number of benzene rings is 2. The van der Waals surface area contributed by atoms with E-state index in [0.717, 1.165) is 11.6 Å². The quantitative estimate of drug-likeness (QED) is 0.613. The van der Waals surface area contributed by atoms with Gasteiger partial charge in [0.25, 0.3) is 0 Å². The first kappa shape index (κ1) is 18.2. The van der Waals surface area contributed by atoms with Crippen molar-refractivity contribution in [2.75, 3.05) is 6.61 Å². The maximum Gasteiger partial charge on any atom is 0.339 e. The van der Waals surface area contributed by atoms with Gasteiger partial charge < -0.3 is 14.6 Å². The minimum Gasteiger partial charge on any atom is -0.488 e. The summed E-state index contributed by atoms with van der Waals surface area (Å²) >= 11 is 0. The minimum absolute atomic E-state index is 0.00408. The van der Waals surface area contributed by atoms with E-state index >= 15 is 0 Å². The fourth-order valence-electron chi connectivity index (χ4n) is 2.27. The van der Waals surface area contributed by atoms with Gasteiger partial charge in [-0.15, -0.1) is 0 Å². The van der Waals surface area contributed by atoms with Gasteiger partial charge in [-0.05, 0) is 31.5 Å². The molecule has 0 aliphatic carbocycles. The van der Waals surface area contributed by atoms with Crippen molar-refractivity contribution in [3.8, 4) is 5.75 Å². The molecule has 6 nitrogen and oxygen atoms in total. The Labute approximate surface area is 145 Å². The largest absolute Gasteiger partial charge is 0.488 e. The van der Waals surface area contributed by atoms with Crippen LogP contribution in [0.1, 0.15) is 50.5 Å². The van der Waals surface area contributed by atoms with Crippen LogP contribution in [-0.2, 0) is 11.3 Å². The molecule has 0 aliphatic rings. The molecule has 0 aliphatic heterocycles. The molecule has 0 radical (unpaired) electrons. The van der Waals surface area contributed by atoms with Crippen LogP contribution in [0.2, 0.25) is 0 Å². The Morgan fingerprint density at radius 1 is 1.00 bits per heavy atom. The molecule has 0 saturated carbocycles. The molecule has 2 aromatic carbocycles. The molecule has 1 N–H and O–H groups in total. The van der Waals surface area contributed by atoms with E-state index in [-0.39, 0.29) is 35.7 Å². The number of carbonyl (C=O) groups is 3. The summed E-state index contributed by atoms with van der Waals surface area (Å²) in [5.74, 6) is -2.38. The molecule has 0 bridgehead atoms. The van der Waals surface area contributed by atoms with Gasteiger partial charge in [-0.3, -0.25) is 4.79 Å². The fraction of sp³-hybridized carbons (Fsp3) is 0.211. The maximum atomic E-state index is 12.1. The highest BCUT2D eigenvalue weighted by Crippen LogP contribution is 2.26. The van der Waals surface area contributed by atoms with E-state index in [1.54, 1.807) is 6.92 Å². The molecule has 0 atom stereocenters. The summed E-state index contributed by atoms with van der Waals surface area (Å²) in [6.45, 7) is 3.16. The van der Waals surface area contributed by atoms with E-state index in [9.17, 15) is 19.5 Å². The molecule has 0 unspecified atom stereocenters. The third-order valence-corrected chi connectivity index (χ3v) is 3.46. The van der Waals surface area contributed by atoms with E-state index < -0.39 is 17.7 Å². The highest BCUT2D eigenvalue weighted by molar-refractivity contribution is 6.08. The van der Waals surface area contributed by atoms with E-state index in [2.05, 4.69) is 0 Å². The molecule has 0 spiro atoms. The minimum atomic E-state index is -1.25. The van der Waals surface area contributed by atoms with Crippen LogP contribution in [0, 0.1) is 0 Å². The molecule has 0 saturated heterocycles. The number of carboxylic acid groups (broad SMARTS) is 1. The second-order valence-corrected chi connectivity index (χ2v) is 5.25. The lowest BCUT2D eigenvalue weighted by atomic mass is 10.00. The molecule has 25 heavy (non-hydrogen) atoms. The number of hydrogen-bond donors (Lipinski definition) is 1. The molecule has 0 amide bonds. The molecule has 0 fully saturated rings. The van der Waals surface area contributed by atoms with Crippen molar-refractivity contribution in [1.82, 2.24) is 0 Å². The lowest BCUT2D eigenvalue weighted by Gasteiger charge is -2.14. The summed E-state index contributed by atoms with van der Waals surface area (Å²) in [5.41, 5.74) is 0.631. The van der Waals surface area contributed by atoms with Gasteiger partial charge in [0.2, 0.25) is 0 Å². The molecule has 6 heteroatoms. The Bertz CT molecular complexity index is 795. The van der Waals surface area contributed by atoms with Crippen LogP contribution in [0.3, 0.4) is 0 Å². The van der Waals surface area contributed by atoms with Crippen LogP contribution in [-0.4, -0.2) is 29.4 Å². The number of aromatic carboxylic acids is 1. The summed E-state index contributed by atoms with van der Waals surface area (Å²) in [6, 6.07) is 11.6. The Balaban J connectivity index is 2.45. The Kier molecular flexibility index (Phi) is 5.89. The summed E-state index contributed by atoms with van der Waals surface area (Å²) in [7, 11) is 0. The molecule has 2 rings (SSSR count). The second-order valence-electron chi connectivity index (χ2n) is 5.25. The lowest BCUT2D eigenvalue weighted by Crippen LogP contribution is -2.14. The Morgan fingerprint density at radius 2 is 1.68 bits per heavy atom. The van der Waals surface area contributed by atoms with Crippen LogP contribution >= 0.6 is 0 Å². The van der Waals surface area contributed by atoms with Crippen molar-refractivity contribution in [1.29, 1.82) is 0 Å². The number of rotatable bonds is 7. The van der Waals surface area contributed by atoms with Crippen molar-refractivity contribution in [3.63, 3.8) is 0 Å². The van der Waals surface area contributed by atoms with Crippen LogP contribution in [0.15, 0.2) is 42.5 Å². The van der Waals surface area contributed by atoms with Gasteiger partial charge in [0.15, 0.2) is 5.78 Å². The third-order valence-electron chi connectivity index (χ3n) is 3.46. The van der Waals surface area contributed by atoms with Gasteiger partial charge in [0.1, 0.15) is 17.9 Å². The first-order chi connectivity index (χ1) is 11.9.